The molecule has 1 N–H and O–H groups in total. The molecule has 1 aliphatic heterocycles. The first-order valence-corrected chi connectivity index (χ1v) is 11.5. The highest BCUT2D eigenvalue weighted by Gasteiger charge is 2.32. The standard InChI is InChI=1S/C24H34NOP/c1-4-24(5-2,21-14-7-8-15-22(21)26)27-23-19(3)12-11-13-20(23)18-25-16-9-6-10-17-25/h7-8,11-15,26-27H,4-6,9-10,16-18H2,1-3H3. The lowest BCUT2D eigenvalue weighted by molar-refractivity contribution is 0.221. The molecule has 0 aromatic heterocycles. The lowest BCUT2D eigenvalue weighted by atomic mass is 9.92. The summed E-state index contributed by atoms with van der Waals surface area (Å²) in [4.78, 5) is 2.62. The molecule has 3 rings (SSSR count). The van der Waals surface area contributed by atoms with E-state index >= 15 is 0 Å². The molecule has 3 heteroatoms. The highest BCUT2D eigenvalue weighted by molar-refractivity contribution is 7.48. The fraction of sp³-hybridized carbons (Fsp3) is 0.500. The molecule has 1 unspecified atom stereocenters. The molecule has 0 amide bonds. The fourth-order valence-corrected chi connectivity index (χ4v) is 6.17. The van der Waals surface area contributed by atoms with Crippen molar-refractivity contribution in [2.75, 3.05) is 13.1 Å². The third-order valence-electron chi connectivity index (χ3n) is 6.19. The van der Waals surface area contributed by atoms with E-state index < -0.39 is 0 Å². The van der Waals surface area contributed by atoms with E-state index in [0.29, 0.717) is 14.3 Å². The highest BCUT2D eigenvalue weighted by atomic mass is 31.1. The zero-order valence-corrected chi connectivity index (χ0v) is 18.1. The zero-order chi connectivity index (χ0) is 19.3. The van der Waals surface area contributed by atoms with Gasteiger partial charge in [-0.25, -0.2) is 0 Å². The van der Waals surface area contributed by atoms with Crippen molar-refractivity contribution in [3.63, 3.8) is 0 Å². The molecule has 0 aliphatic carbocycles. The number of para-hydroxylation sites is 1. The van der Waals surface area contributed by atoms with Gasteiger partial charge in [0.1, 0.15) is 5.75 Å². The smallest absolute Gasteiger partial charge is 0.119 e. The van der Waals surface area contributed by atoms with Gasteiger partial charge in [0.05, 0.1) is 0 Å². The molecule has 1 fully saturated rings. The summed E-state index contributed by atoms with van der Waals surface area (Å²) < 4.78 is 0. The summed E-state index contributed by atoms with van der Waals surface area (Å²) in [5.74, 6) is 0.444. The molecule has 0 saturated carbocycles. The van der Waals surface area contributed by atoms with E-state index in [4.69, 9.17) is 0 Å². The number of aryl methyl sites for hydroxylation is 1. The third kappa shape index (κ3) is 4.55. The van der Waals surface area contributed by atoms with Gasteiger partial charge in [0.2, 0.25) is 0 Å². The maximum Gasteiger partial charge on any atom is 0.119 e. The van der Waals surface area contributed by atoms with Crippen molar-refractivity contribution in [2.24, 2.45) is 0 Å². The molecule has 27 heavy (non-hydrogen) atoms. The van der Waals surface area contributed by atoms with Gasteiger partial charge in [-0.05, 0) is 68.2 Å². The molecular weight excluding hydrogens is 349 g/mol. The number of phenols is 1. The largest absolute Gasteiger partial charge is 0.508 e. The summed E-state index contributed by atoms with van der Waals surface area (Å²) >= 11 is 0. The quantitative estimate of drug-likeness (QED) is 0.620. The van der Waals surface area contributed by atoms with Crippen LogP contribution in [0.25, 0.3) is 0 Å². The van der Waals surface area contributed by atoms with Crippen LogP contribution < -0.4 is 5.30 Å². The average molecular weight is 384 g/mol. The van der Waals surface area contributed by atoms with Gasteiger partial charge < -0.3 is 5.11 Å². The maximum absolute atomic E-state index is 10.6. The Morgan fingerprint density at radius 2 is 1.67 bits per heavy atom. The first-order chi connectivity index (χ1) is 13.1. The molecule has 1 aliphatic rings. The van der Waals surface area contributed by atoms with Crippen molar-refractivity contribution >= 4 is 13.9 Å². The molecule has 1 saturated heterocycles. The van der Waals surface area contributed by atoms with Crippen molar-refractivity contribution < 1.29 is 5.11 Å². The van der Waals surface area contributed by atoms with E-state index in [1.54, 1.807) is 0 Å². The molecule has 1 heterocycles. The molecule has 1 atom stereocenters. The monoisotopic (exact) mass is 383 g/mol. The van der Waals surface area contributed by atoms with Gasteiger partial charge in [-0.15, -0.1) is 0 Å². The van der Waals surface area contributed by atoms with Crippen LogP contribution in [0.2, 0.25) is 0 Å². The number of benzene rings is 2. The number of rotatable bonds is 7. The van der Waals surface area contributed by atoms with Crippen LogP contribution in [0.5, 0.6) is 5.75 Å². The summed E-state index contributed by atoms with van der Waals surface area (Å²) in [5, 5.41) is 12.1. The van der Waals surface area contributed by atoms with Gasteiger partial charge in [0.25, 0.3) is 0 Å². The second-order valence-electron chi connectivity index (χ2n) is 7.88. The second-order valence-corrected chi connectivity index (χ2v) is 9.58. The Morgan fingerprint density at radius 3 is 2.33 bits per heavy atom. The summed E-state index contributed by atoms with van der Waals surface area (Å²) in [6.07, 6.45) is 6.11. The van der Waals surface area contributed by atoms with E-state index in [1.807, 2.05) is 12.1 Å². The maximum atomic E-state index is 10.6. The van der Waals surface area contributed by atoms with Crippen LogP contribution in [0.1, 0.15) is 62.6 Å². The Bertz CT molecular complexity index is 748. The van der Waals surface area contributed by atoms with Crippen LogP contribution in [0.15, 0.2) is 42.5 Å². The lowest BCUT2D eigenvalue weighted by Gasteiger charge is -2.35. The van der Waals surface area contributed by atoms with E-state index in [-0.39, 0.29) is 5.16 Å². The molecule has 0 spiro atoms. The summed E-state index contributed by atoms with van der Waals surface area (Å²) in [5.41, 5.74) is 3.99. The van der Waals surface area contributed by atoms with Crippen LogP contribution in [0, 0.1) is 6.92 Å². The van der Waals surface area contributed by atoms with E-state index in [0.717, 1.165) is 24.9 Å². The second kappa shape index (κ2) is 9.22. The van der Waals surface area contributed by atoms with Crippen molar-refractivity contribution in [3.05, 3.63) is 59.2 Å². The van der Waals surface area contributed by atoms with Crippen LogP contribution in [0.3, 0.4) is 0 Å². The average Bonchev–Trinajstić information content (AvgIpc) is 2.70. The van der Waals surface area contributed by atoms with E-state index in [1.165, 1.54) is 48.8 Å². The van der Waals surface area contributed by atoms with Gasteiger partial charge in [0, 0.05) is 17.3 Å². The predicted molar refractivity (Wildman–Crippen MR) is 119 cm³/mol. The predicted octanol–water partition coefficient (Wildman–Crippen LogP) is 5.71. The van der Waals surface area contributed by atoms with Crippen LogP contribution in [0.4, 0.5) is 0 Å². The van der Waals surface area contributed by atoms with Crippen molar-refractivity contribution in [3.8, 4) is 5.75 Å². The number of nitrogens with zero attached hydrogens (tertiary/aromatic N) is 1. The molecule has 146 valence electrons. The van der Waals surface area contributed by atoms with E-state index in [2.05, 4.69) is 56.0 Å². The molecule has 0 bridgehead atoms. The highest BCUT2D eigenvalue weighted by Crippen LogP contribution is 2.50. The van der Waals surface area contributed by atoms with Gasteiger partial charge in [-0.1, -0.05) is 65.2 Å². The molecule has 2 aromatic rings. The molecule has 2 aromatic carbocycles. The van der Waals surface area contributed by atoms with Gasteiger partial charge >= 0.3 is 0 Å². The summed E-state index contributed by atoms with van der Waals surface area (Å²) in [6, 6.07) is 14.7. The van der Waals surface area contributed by atoms with Crippen LogP contribution >= 0.6 is 8.58 Å². The Hall–Kier alpha value is -1.37. The Morgan fingerprint density at radius 1 is 0.963 bits per heavy atom. The molecule has 2 nitrogen and oxygen atoms in total. The lowest BCUT2D eigenvalue weighted by Crippen LogP contribution is -2.32. The first-order valence-electron chi connectivity index (χ1n) is 10.5. The molecular formula is C24H34NOP. The topological polar surface area (TPSA) is 23.5 Å². The number of hydrogen-bond acceptors (Lipinski definition) is 2. The Kier molecular flexibility index (Phi) is 6.95. The minimum atomic E-state index is 0.00804. The van der Waals surface area contributed by atoms with Crippen molar-refractivity contribution in [1.29, 1.82) is 0 Å². The van der Waals surface area contributed by atoms with Crippen molar-refractivity contribution in [2.45, 2.75) is 64.6 Å². The SMILES string of the molecule is CCC(CC)(Pc1c(C)cccc1CN1CCCCC1)c1ccccc1O. The third-order valence-corrected chi connectivity index (χ3v) is 8.61. The summed E-state index contributed by atoms with van der Waals surface area (Å²) in [6.45, 7) is 10.3. The van der Waals surface area contributed by atoms with Crippen LogP contribution in [-0.4, -0.2) is 23.1 Å². The van der Waals surface area contributed by atoms with Crippen LogP contribution in [-0.2, 0) is 11.7 Å². The van der Waals surface area contributed by atoms with Crippen molar-refractivity contribution in [1.82, 2.24) is 4.90 Å². The van der Waals surface area contributed by atoms with E-state index in [9.17, 15) is 5.11 Å². The summed E-state index contributed by atoms with van der Waals surface area (Å²) in [7, 11) is 0.672. The minimum absolute atomic E-state index is 0.00804. The van der Waals surface area contributed by atoms with Gasteiger partial charge in [-0.3, -0.25) is 4.90 Å². The number of hydrogen-bond donors (Lipinski definition) is 1. The number of phenolic OH excluding ortho intramolecular Hbond substituents is 1. The fourth-order valence-electron chi connectivity index (χ4n) is 4.39. The zero-order valence-electron chi connectivity index (χ0n) is 17.1. The number of piperidine rings is 1. The minimum Gasteiger partial charge on any atom is -0.508 e. The Labute approximate surface area is 166 Å². The number of likely N-dealkylation sites (tertiary alicyclic amines) is 1. The Balaban J connectivity index is 1.95. The van der Waals surface area contributed by atoms with Gasteiger partial charge in [-0.2, -0.15) is 0 Å². The van der Waals surface area contributed by atoms with Gasteiger partial charge in [0.15, 0.2) is 0 Å². The normalized spacial score (nSPS) is 16.3. The first kappa shape index (κ1) is 20.4. The number of aromatic hydroxyl groups is 1. The molecule has 0 radical (unpaired) electrons.